The number of rotatable bonds is 7. The van der Waals surface area contributed by atoms with E-state index in [9.17, 15) is 4.79 Å². The Labute approximate surface area is 170 Å². The molecule has 0 bridgehead atoms. The molecule has 1 aliphatic heterocycles. The topological polar surface area (TPSA) is 69.6 Å². The molecule has 7 nitrogen and oxygen atoms in total. The van der Waals surface area contributed by atoms with Gasteiger partial charge in [0.1, 0.15) is 11.5 Å². The summed E-state index contributed by atoms with van der Waals surface area (Å²) in [6.45, 7) is 1.83. The Balaban J connectivity index is 2.03. The van der Waals surface area contributed by atoms with Crippen molar-refractivity contribution in [1.82, 2.24) is 5.01 Å². The maximum atomic E-state index is 12.6. The van der Waals surface area contributed by atoms with Gasteiger partial charge in [0.25, 0.3) is 0 Å². The largest absolute Gasteiger partial charge is 0.497 e. The first-order chi connectivity index (χ1) is 14.1. The maximum absolute atomic E-state index is 12.6. The maximum Gasteiger partial charge on any atom is 0.242 e. The lowest BCUT2D eigenvalue weighted by Gasteiger charge is -2.22. The fourth-order valence-electron chi connectivity index (χ4n) is 3.42. The highest BCUT2D eigenvalue weighted by atomic mass is 16.5. The molecule has 1 aliphatic rings. The van der Waals surface area contributed by atoms with E-state index in [1.807, 2.05) is 43.3 Å². The summed E-state index contributed by atoms with van der Waals surface area (Å²) in [6.07, 6.45) is 0.903. The summed E-state index contributed by atoms with van der Waals surface area (Å²) in [7, 11) is 6.41. The highest BCUT2D eigenvalue weighted by molar-refractivity contribution is 6.05. The predicted octanol–water partition coefficient (Wildman–Crippen LogP) is 3.81. The third-order valence-electron chi connectivity index (χ3n) is 4.98. The summed E-state index contributed by atoms with van der Waals surface area (Å²) < 4.78 is 21.6. The lowest BCUT2D eigenvalue weighted by Crippen LogP contribution is -2.26. The molecule has 2 aromatic carbocycles. The molecule has 1 amide bonds. The number of ether oxygens (including phenoxy) is 4. The van der Waals surface area contributed by atoms with E-state index in [4.69, 9.17) is 18.9 Å². The van der Waals surface area contributed by atoms with Crippen molar-refractivity contribution in [1.29, 1.82) is 0 Å². The molecule has 0 unspecified atom stereocenters. The van der Waals surface area contributed by atoms with Crippen molar-refractivity contribution >= 4 is 11.6 Å². The minimum Gasteiger partial charge on any atom is -0.497 e. The van der Waals surface area contributed by atoms with Gasteiger partial charge in [-0.3, -0.25) is 4.79 Å². The van der Waals surface area contributed by atoms with Gasteiger partial charge >= 0.3 is 0 Å². The Morgan fingerprint density at radius 2 is 1.66 bits per heavy atom. The Morgan fingerprint density at radius 1 is 0.966 bits per heavy atom. The first kappa shape index (κ1) is 20.5. The van der Waals surface area contributed by atoms with Crippen LogP contribution in [0.1, 0.15) is 36.9 Å². The van der Waals surface area contributed by atoms with Crippen LogP contribution in [0.4, 0.5) is 0 Å². The molecular formula is C22H26N2O5. The van der Waals surface area contributed by atoms with Crippen LogP contribution in [-0.4, -0.2) is 45.1 Å². The predicted molar refractivity (Wildman–Crippen MR) is 110 cm³/mol. The number of methoxy groups -OCH3 is 4. The lowest BCUT2D eigenvalue weighted by atomic mass is 9.97. The lowest BCUT2D eigenvalue weighted by molar-refractivity contribution is -0.132. The van der Waals surface area contributed by atoms with E-state index >= 15 is 0 Å². The monoisotopic (exact) mass is 398 g/mol. The van der Waals surface area contributed by atoms with Crippen LogP contribution in [0.25, 0.3) is 0 Å². The van der Waals surface area contributed by atoms with E-state index in [1.54, 1.807) is 33.4 Å². The average Bonchev–Trinajstić information content (AvgIpc) is 3.22. The Morgan fingerprint density at radius 3 is 2.28 bits per heavy atom. The molecule has 2 aromatic rings. The smallest absolute Gasteiger partial charge is 0.242 e. The van der Waals surface area contributed by atoms with Crippen molar-refractivity contribution in [3.8, 4) is 23.0 Å². The molecule has 3 rings (SSSR count). The number of hydrogen-bond acceptors (Lipinski definition) is 6. The first-order valence-electron chi connectivity index (χ1n) is 9.40. The van der Waals surface area contributed by atoms with Gasteiger partial charge in [-0.05, 0) is 35.9 Å². The van der Waals surface area contributed by atoms with Gasteiger partial charge in [0.05, 0.1) is 40.2 Å². The fourth-order valence-corrected chi connectivity index (χ4v) is 3.42. The van der Waals surface area contributed by atoms with Gasteiger partial charge in [-0.25, -0.2) is 5.01 Å². The van der Waals surface area contributed by atoms with Gasteiger partial charge in [0.2, 0.25) is 5.91 Å². The van der Waals surface area contributed by atoms with Crippen LogP contribution in [-0.2, 0) is 4.79 Å². The van der Waals surface area contributed by atoms with Crippen molar-refractivity contribution in [3.05, 3.63) is 47.5 Å². The van der Waals surface area contributed by atoms with Gasteiger partial charge in [-0.15, -0.1) is 0 Å². The zero-order valence-corrected chi connectivity index (χ0v) is 17.4. The molecule has 0 saturated heterocycles. The summed E-state index contributed by atoms with van der Waals surface area (Å²) in [6, 6.07) is 11.0. The standard InChI is InChI=1S/C22H26N2O5/c1-6-22(25)24-18(14-7-9-20(28-4)21(11-14)29-5)13-17(23-24)16-12-15(26-2)8-10-19(16)27-3/h7-12,18H,6,13H2,1-5H3/t18-/m1/s1. The number of hydrogen-bond donors (Lipinski definition) is 0. The molecule has 0 fully saturated rings. The number of amides is 1. The van der Waals surface area contributed by atoms with E-state index in [-0.39, 0.29) is 11.9 Å². The molecule has 0 aliphatic carbocycles. The zero-order chi connectivity index (χ0) is 21.0. The molecule has 7 heteroatoms. The summed E-state index contributed by atoms with van der Waals surface area (Å²) in [5, 5.41) is 6.21. The number of benzene rings is 2. The quantitative estimate of drug-likeness (QED) is 0.709. The van der Waals surface area contributed by atoms with Crippen molar-refractivity contribution < 1.29 is 23.7 Å². The molecule has 0 saturated carbocycles. The van der Waals surface area contributed by atoms with Crippen LogP contribution >= 0.6 is 0 Å². The minimum atomic E-state index is -0.242. The normalized spacial score (nSPS) is 15.7. The van der Waals surface area contributed by atoms with Crippen LogP contribution in [0.5, 0.6) is 23.0 Å². The highest BCUT2D eigenvalue weighted by Gasteiger charge is 2.34. The van der Waals surface area contributed by atoms with Gasteiger partial charge < -0.3 is 18.9 Å². The number of nitrogens with zero attached hydrogens (tertiary/aromatic N) is 2. The molecule has 1 heterocycles. The molecule has 1 atom stereocenters. The van der Waals surface area contributed by atoms with Crippen molar-refractivity contribution in [2.45, 2.75) is 25.8 Å². The second kappa shape index (κ2) is 8.86. The second-order valence-electron chi connectivity index (χ2n) is 6.54. The Kier molecular flexibility index (Phi) is 6.26. The SMILES string of the molecule is CCC(=O)N1N=C(c2cc(OC)ccc2OC)C[C@@H]1c1ccc(OC)c(OC)c1. The molecule has 0 radical (unpaired) electrons. The van der Waals surface area contributed by atoms with Crippen LogP contribution in [0, 0.1) is 0 Å². The zero-order valence-electron chi connectivity index (χ0n) is 17.4. The van der Waals surface area contributed by atoms with Crippen molar-refractivity contribution in [2.24, 2.45) is 5.10 Å². The van der Waals surface area contributed by atoms with Crippen LogP contribution in [0.3, 0.4) is 0 Å². The molecule has 154 valence electrons. The van der Waals surface area contributed by atoms with E-state index in [0.717, 1.165) is 16.8 Å². The minimum absolute atomic E-state index is 0.0540. The van der Waals surface area contributed by atoms with E-state index < -0.39 is 0 Å². The summed E-state index contributed by atoms with van der Waals surface area (Å²) >= 11 is 0. The van der Waals surface area contributed by atoms with Crippen molar-refractivity contribution in [3.63, 3.8) is 0 Å². The van der Waals surface area contributed by atoms with Gasteiger partial charge in [-0.1, -0.05) is 13.0 Å². The van der Waals surface area contributed by atoms with Crippen LogP contribution < -0.4 is 18.9 Å². The first-order valence-corrected chi connectivity index (χ1v) is 9.40. The molecule has 0 aromatic heterocycles. The van der Waals surface area contributed by atoms with E-state index in [0.29, 0.717) is 35.8 Å². The fraction of sp³-hybridized carbons (Fsp3) is 0.364. The molecule has 0 spiro atoms. The highest BCUT2D eigenvalue weighted by Crippen LogP contribution is 2.39. The van der Waals surface area contributed by atoms with Gasteiger partial charge in [0.15, 0.2) is 11.5 Å². The van der Waals surface area contributed by atoms with Crippen molar-refractivity contribution in [2.75, 3.05) is 28.4 Å². The second-order valence-corrected chi connectivity index (χ2v) is 6.54. The number of carbonyl (C=O) groups excluding carboxylic acids is 1. The van der Waals surface area contributed by atoms with E-state index in [1.165, 1.54) is 0 Å². The van der Waals surface area contributed by atoms with Gasteiger partial charge in [-0.2, -0.15) is 5.10 Å². The van der Waals surface area contributed by atoms with Gasteiger partial charge in [0, 0.05) is 18.4 Å². The molecular weight excluding hydrogens is 372 g/mol. The number of hydrazone groups is 1. The van der Waals surface area contributed by atoms with Crippen LogP contribution in [0.2, 0.25) is 0 Å². The summed E-state index contributed by atoms with van der Waals surface area (Å²) in [5.41, 5.74) is 2.50. The number of carbonyl (C=O) groups is 1. The molecule has 29 heavy (non-hydrogen) atoms. The third-order valence-corrected chi connectivity index (χ3v) is 4.98. The van der Waals surface area contributed by atoms with E-state index in [2.05, 4.69) is 5.10 Å². The molecule has 0 N–H and O–H groups in total. The third kappa shape index (κ3) is 3.99. The summed E-state index contributed by atoms with van der Waals surface area (Å²) in [4.78, 5) is 12.6. The Hall–Kier alpha value is -3.22. The average molecular weight is 398 g/mol. The Bertz CT molecular complexity index is 925. The van der Waals surface area contributed by atoms with Crippen LogP contribution in [0.15, 0.2) is 41.5 Å². The summed E-state index contributed by atoms with van der Waals surface area (Å²) in [5.74, 6) is 2.58.